The average molecular weight is 361 g/mol. The molecule has 0 radical (unpaired) electrons. The van der Waals surface area contributed by atoms with Gasteiger partial charge in [-0.1, -0.05) is 43.8 Å². The third-order valence-corrected chi connectivity index (χ3v) is 4.93. The summed E-state index contributed by atoms with van der Waals surface area (Å²) < 4.78 is 0. The molecule has 0 unspecified atom stereocenters. The molecule has 0 aliphatic carbocycles. The van der Waals surface area contributed by atoms with Crippen LogP contribution in [-0.2, 0) is 0 Å². The maximum absolute atomic E-state index is 4.89. The fourth-order valence-electron chi connectivity index (χ4n) is 3.37. The SMILES string of the molecule is C=CN1CCN(c2ncccc2C(CC)=NC(=C)c2cccc(C)c2)CC1. The van der Waals surface area contributed by atoms with Crippen molar-refractivity contribution in [3.05, 3.63) is 78.6 Å². The summed E-state index contributed by atoms with van der Waals surface area (Å²) in [6.07, 6.45) is 4.61. The fourth-order valence-corrected chi connectivity index (χ4v) is 3.37. The maximum Gasteiger partial charge on any atom is 0.137 e. The zero-order chi connectivity index (χ0) is 19.2. The number of hydrogen-bond acceptors (Lipinski definition) is 4. The van der Waals surface area contributed by atoms with Gasteiger partial charge in [0, 0.05) is 37.9 Å². The molecule has 1 aromatic heterocycles. The molecule has 1 aliphatic heterocycles. The Bertz CT molecular complexity index is 845. The molecule has 0 spiro atoms. The normalized spacial score (nSPS) is 15.0. The van der Waals surface area contributed by atoms with Gasteiger partial charge in [0.2, 0.25) is 0 Å². The van der Waals surface area contributed by atoms with Crippen LogP contribution in [0.15, 0.2) is 66.9 Å². The molecular formula is C23H28N4. The van der Waals surface area contributed by atoms with Crippen molar-refractivity contribution < 1.29 is 0 Å². The molecule has 27 heavy (non-hydrogen) atoms. The molecule has 2 heterocycles. The van der Waals surface area contributed by atoms with E-state index in [2.05, 4.69) is 66.1 Å². The maximum atomic E-state index is 4.89. The van der Waals surface area contributed by atoms with Crippen LogP contribution in [0, 0.1) is 6.92 Å². The quantitative estimate of drug-likeness (QED) is 0.710. The molecule has 4 nitrogen and oxygen atoms in total. The Kier molecular flexibility index (Phi) is 6.07. The predicted molar refractivity (Wildman–Crippen MR) is 115 cm³/mol. The zero-order valence-corrected chi connectivity index (χ0v) is 16.4. The Morgan fingerprint density at radius 3 is 2.63 bits per heavy atom. The lowest BCUT2D eigenvalue weighted by Gasteiger charge is -2.35. The minimum atomic E-state index is 0.793. The second-order valence-electron chi connectivity index (χ2n) is 6.81. The van der Waals surface area contributed by atoms with Crippen LogP contribution in [0.3, 0.4) is 0 Å². The Morgan fingerprint density at radius 1 is 1.19 bits per heavy atom. The molecule has 2 aromatic rings. The minimum absolute atomic E-state index is 0.793. The second-order valence-corrected chi connectivity index (χ2v) is 6.81. The van der Waals surface area contributed by atoms with Gasteiger partial charge in [-0.25, -0.2) is 4.98 Å². The highest BCUT2D eigenvalue weighted by Crippen LogP contribution is 2.24. The van der Waals surface area contributed by atoms with Gasteiger partial charge in [0.15, 0.2) is 0 Å². The smallest absolute Gasteiger partial charge is 0.137 e. The lowest BCUT2D eigenvalue weighted by Crippen LogP contribution is -2.44. The molecular weight excluding hydrogens is 332 g/mol. The number of aliphatic imine (C=N–C) groups is 1. The summed E-state index contributed by atoms with van der Waals surface area (Å²) in [6, 6.07) is 12.4. The molecule has 0 N–H and O–H groups in total. The van der Waals surface area contributed by atoms with Crippen LogP contribution in [0.1, 0.15) is 30.0 Å². The molecule has 1 saturated heterocycles. The topological polar surface area (TPSA) is 31.7 Å². The summed E-state index contributed by atoms with van der Waals surface area (Å²) in [7, 11) is 0. The van der Waals surface area contributed by atoms with E-state index < -0.39 is 0 Å². The first-order valence-corrected chi connectivity index (χ1v) is 9.52. The summed E-state index contributed by atoms with van der Waals surface area (Å²) in [5, 5.41) is 0. The van der Waals surface area contributed by atoms with Gasteiger partial charge in [-0.2, -0.15) is 0 Å². The van der Waals surface area contributed by atoms with Crippen LogP contribution in [0.5, 0.6) is 0 Å². The van der Waals surface area contributed by atoms with E-state index in [4.69, 9.17) is 4.99 Å². The fraction of sp³-hybridized carbons (Fsp3) is 0.304. The van der Waals surface area contributed by atoms with Crippen LogP contribution < -0.4 is 4.90 Å². The van der Waals surface area contributed by atoms with E-state index in [0.717, 1.165) is 61.0 Å². The Labute approximate surface area is 162 Å². The largest absolute Gasteiger partial charge is 0.374 e. The summed E-state index contributed by atoms with van der Waals surface area (Å²) >= 11 is 0. The van der Waals surface area contributed by atoms with Gasteiger partial charge in [-0.15, -0.1) is 0 Å². The van der Waals surface area contributed by atoms with Crippen molar-refractivity contribution in [3.8, 4) is 0 Å². The van der Waals surface area contributed by atoms with Gasteiger partial charge in [-0.3, -0.25) is 4.99 Å². The van der Waals surface area contributed by atoms with Crippen LogP contribution >= 0.6 is 0 Å². The molecule has 3 rings (SSSR count). The van der Waals surface area contributed by atoms with Gasteiger partial charge < -0.3 is 9.80 Å². The Balaban J connectivity index is 1.90. The van der Waals surface area contributed by atoms with Crippen molar-refractivity contribution in [3.63, 3.8) is 0 Å². The number of aryl methyl sites for hydroxylation is 1. The highest BCUT2D eigenvalue weighted by Gasteiger charge is 2.20. The standard InChI is InChI=1S/C23H28N4/c1-5-22(25-19(4)20-10-7-9-18(3)17-20)21-11-8-12-24-23(21)27-15-13-26(6-2)14-16-27/h6-12,17H,2,4-5,13-16H2,1,3H3. The minimum Gasteiger partial charge on any atom is -0.374 e. The summed E-state index contributed by atoms with van der Waals surface area (Å²) in [6.45, 7) is 16.1. The van der Waals surface area contributed by atoms with E-state index in [1.54, 1.807) is 0 Å². The van der Waals surface area contributed by atoms with Crippen LogP contribution in [0.25, 0.3) is 5.70 Å². The zero-order valence-electron chi connectivity index (χ0n) is 16.4. The molecule has 0 bridgehead atoms. The van der Waals surface area contributed by atoms with Gasteiger partial charge in [-0.05, 0) is 43.3 Å². The van der Waals surface area contributed by atoms with Crippen molar-refractivity contribution in [2.24, 2.45) is 4.99 Å². The second kappa shape index (κ2) is 8.67. The number of pyridine rings is 1. The van der Waals surface area contributed by atoms with Gasteiger partial charge in [0.25, 0.3) is 0 Å². The lowest BCUT2D eigenvalue weighted by molar-refractivity contribution is 0.349. The monoisotopic (exact) mass is 360 g/mol. The van der Waals surface area contributed by atoms with Crippen molar-refractivity contribution in [1.82, 2.24) is 9.88 Å². The van der Waals surface area contributed by atoms with Crippen molar-refractivity contribution >= 4 is 17.2 Å². The number of hydrogen-bond donors (Lipinski definition) is 0. The summed E-state index contributed by atoms with van der Waals surface area (Å²) in [5.41, 5.74) is 5.19. The molecule has 4 heteroatoms. The first-order chi connectivity index (χ1) is 13.1. The van der Waals surface area contributed by atoms with E-state index in [0.29, 0.717) is 0 Å². The van der Waals surface area contributed by atoms with E-state index in [9.17, 15) is 0 Å². The number of anilines is 1. The molecule has 1 fully saturated rings. The van der Waals surface area contributed by atoms with Crippen LogP contribution in [0.2, 0.25) is 0 Å². The molecule has 140 valence electrons. The number of piperazine rings is 1. The molecule has 1 aliphatic rings. The van der Waals surface area contributed by atoms with Crippen molar-refractivity contribution in [1.29, 1.82) is 0 Å². The third kappa shape index (κ3) is 4.45. The molecule has 0 saturated carbocycles. The number of rotatable bonds is 6. The number of aromatic nitrogens is 1. The molecule has 1 aromatic carbocycles. The van der Waals surface area contributed by atoms with Crippen molar-refractivity contribution in [2.45, 2.75) is 20.3 Å². The van der Waals surface area contributed by atoms with E-state index in [-0.39, 0.29) is 0 Å². The number of benzene rings is 1. The summed E-state index contributed by atoms with van der Waals surface area (Å²) in [5.74, 6) is 1.01. The van der Waals surface area contributed by atoms with Crippen LogP contribution in [0.4, 0.5) is 5.82 Å². The third-order valence-electron chi connectivity index (χ3n) is 4.93. The van der Waals surface area contributed by atoms with Gasteiger partial charge in [0.05, 0.1) is 11.4 Å². The highest BCUT2D eigenvalue weighted by molar-refractivity contribution is 6.06. The predicted octanol–water partition coefficient (Wildman–Crippen LogP) is 4.53. The van der Waals surface area contributed by atoms with Gasteiger partial charge in [0.1, 0.15) is 5.82 Å². The highest BCUT2D eigenvalue weighted by atomic mass is 15.3. The van der Waals surface area contributed by atoms with Crippen molar-refractivity contribution in [2.75, 3.05) is 31.1 Å². The molecule has 0 amide bonds. The Hall–Kier alpha value is -2.88. The number of nitrogens with zero attached hydrogens (tertiary/aromatic N) is 4. The lowest BCUT2D eigenvalue weighted by atomic mass is 10.1. The first-order valence-electron chi connectivity index (χ1n) is 9.52. The molecule has 0 atom stereocenters. The Morgan fingerprint density at radius 2 is 1.96 bits per heavy atom. The summed E-state index contributed by atoms with van der Waals surface area (Å²) in [4.78, 5) is 14.2. The van der Waals surface area contributed by atoms with Crippen LogP contribution in [-0.4, -0.2) is 41.8 Å². The van der Waals surface area contributed by atoms with E-state index >= 15 is 0 Å². The van der Waals surface area contributed by atoms with E-state index in [1.807, 2.05) is 24.5 Å². The van der Waals surface area contributed by atoms with E-state index in [1.165, 1.54) is 5.56 Å². The average Bonchev–Trinajstić information content (AvgIpc) is 2.72. The first kappa shape index (κ1) is 18.9. The van der Waals surface area contributed by atoms with Gasteiger partial charge >= 0.3 is 0 Å².